The van der Waals surface area contributed by atoms with Gasteiger partial charge in [0, 0.05) is 0 Å². The van der Waals surface area contributed by atoms with Gasteiger partial charge in [0.15, 0.2) is 0 Å². The van der Waals surface area contributed by atoms with Gasteiger partial charge in [-0.1, -0.05) is 19.8 Å². The van der Waals surface area contributed by atoms with Crippen LogP contribution in [0.15, 0.2) is 0 Å². The Bertz CT molecular complexity index is 99.4. The van der Waals surface area contributed by atoms with Gasteiger partial charge < -0.3 is 21.3 Å². The van der Waals surface area contributed by atoms with E-state index in [2.05, 4.69) is 17.0 Å². The maximum absolute atomic E-state index is 9.74. The van der Waals surface area contributed by atoms with E-state index in [1.165, 1.54) is 0 Å². The molecule has 0 saturated carbocycles. The monoisotopic (exact) mass is 194 g/mol. The summed E-state index contributed by atoms with van der Waals surface area (Å²) in [4.78, 5) is 9.74. The number of rotatable bonds is 4. The first kappa shape index (κ1) is 18.1. The number of hydrogen-bond donors (Lipinski definition) is 3. The van der Waals surface area contributed by atoms with E-state index in [0.717, 1.165) is 19.3 Å². The minimum Gasteiger partial charge on any atom is -0.450 e. The van der Waals surface area contributed by atoms with Crippen LogP contribution in [0.4, 0.5) is 4.79 Å². The van der Waals surface area contributed by atoms with Crippen molar-refractivity contribution < 1.29 is 14.6 Å². The minimum absolute atomic E-state index is 0. The van der Waals surface area contributed by atoms with Gasteiger partial charge in [-0.15, -0.1) is 0 Å². The standard InChI is InChI=1S/C6H12O3.C2H7N.H3N/c1-2-3-4-5-9-6(7)8;1-3-2;/h2-5H2,1H3,(H,7,8);3H,1-2H3;1H3. The summed E-state index contributed by atoms with van der Waals surface area (Å²) in [5.74, 6) is 0. The Morgan fingerprint density at radius 3 is 2.15 bits per heavy atom. The van der Waals surface area contributed by atoms with Crippen LogP contribution in [-0.4, -0.2) is 32.0 Å². The molecule has 0 atom stereocenters. The van der Waals surface area contributed by atoms with Gasteiger partial charge in [0.1, 0.15) is 0 Å². The molecule has 5 nitrogen and oxygen atoms in total. The van der Waals surface area contributed by atoms with Crippen molar-refractivity contribution in [3.8, 4) is 0 Å². The first-order valence-electron chi connectivity index (χ1n) is 4.13. The molecular formula is C8H22N2O3. The molecule has 0 aromatic rings. The van der Waals surface area contributed by atoms with Gasteiger partial charge in [0.2, 0.25) is 0 Å². The largest absolute Gasteiger partial charge is 0.505 e. The predicted molar refractivity (Wildman–Crippen MR) is 53.5 cm³/mol. The van der Waals surface area contributed by atoms with Crippen molar-refractivity contribution in [1.29, 1.82) is 0 Å². The molecule has 0 aliphatic carbocycles. The van der Waals surface area contributed by atoms with Gasteiger partial charge in [-0.2, -0.15) is 0 Å². The van der Waals surface area contributed by atoms with Crippen molar-refractivity contribution in [2.45, 2.75) is 26.2 Å². The number of carboxylic acid groups (broad SMARTS) is 1. The summed E-state index contributed by atoms with van der Waals surface area (Å²) in [6.45, 7) is 2.39. The highest BCUT2D eigenvalue weighted by Gasteiger charge is 1.92. The predicted octanol–water partition coefficient (Wildman–Crippen LogP) is 1.87. The highest BCUT2D eigenvalue weighted by atomic mass is 16.7. The number of nitrogens with one attached hydrogen (secondary N) is 1. The number of carbonyl (C=O) groups is 1. The van der Waals surface area contributed by atoms with Crippen molar-refractivity contribution in [2.75, 3.05) is 20.7 Å². The van der Waals surface area contributed by atoms with Crippen LogP contribution in [0.25, 0.3) is 0 Å². The van der Waals surface area contributed by atoms with E-state index in [1.54, 1.807) is 0 Å². The molecule has 0 aliphatic rings. The molecule has 0 spiro atoms. The Labute approximate surface area is 80.1 Å². The molecule has 0 aliphatic heterocycles. The van der Waals surface area contributed by atoms with Gasteiger partial charge in [-0.25, -0.2) is 4.79 Å². The molecule has 0 unspecified atom stereocenters. The molecule has 0 aromatic heterocycles. The second-order valence-corrected chi connectivity index (χ2v) is 2.32. The second kappa shape index (κ2) is 17.3. The molecule has 0 bridgehead atoms. The lowest BCUT2D eigenvalue weighted by molar-refractivity contribution is 0.0901. The molecular weight excluding hydrogens is 172 g/mol. The van der Waals surface area contributed by atoms with Crippen LogP contribution < -0.4 is 11.5 Å². The summed E-state index contributed by atoms with van der Waals surface area (Å²) in [7, 11) is 3.75. The normalized spacial score (nSPS) is 7.62. The van der Waals surface area contributed by atoms with Gasteiger partial charge in [0.25, 0.3) is 0 Å². The van der Waals surface area contributed by atoms with Crippen molar-refractivity contribution in [1.82, 2.24) is 11.5 Å². The Balaban J connectivity index is -0.000000220. The van der Waals surface area contributed by atoms with E-state index in [-0.39, 0.29) is 6.15 Å². The Hall–Kier alpha value is -0.810. The Morgan fingerprint density at radius 2 is 1.85 bits per heavy atom. The average Bonchev–Trinajstić information content (AvgIpc) is 1.99. The Morgan fingerprint density at radius 1 is 1.38 bits per heavy atom. The van der Waals surface area contributed by atoms with E-state index < -0.39 is 6.16 Å². The van der Waals surface area contributed by atoms with E-state index in [9.17, 15) is 4.79 Å². The molecule has 13 heavy (non-hydrogen) atoms. The van der Waals surface area contributed by atoms with Gasteiger partial charge >= 0.3 is 6.16 Å². The molecule has 0 radical (unpaired) electrons. The zero-order chi connectivity index (χ0) is 9.82. The highest BCUT2D eigenvalue weighted by molar-refractivity contribution is 5.56. The molecule has 0 amide bonds. The van der Waals surface area contributed by atoms with Gasteiger partial charge in [-0.3, -0.25) is 0 Å². The van der Waals surface area contributed by atoms with E-state index in [4.69, 9.17) is 5.11 Å². The summed E-state index contributed by atoms with van der Waals surface area (Å²) < 4.78 is 4.26. The lowest BCUT2D eigenvalue weighted by atomic mass is 10.3. The maximum Gasteiger partial charge on any atom is 0.505 e. The third-order valence-corrected chi connectivity index (χ3v) is 0.973. The summed E-state index contributed by atoms with van der Waals surface area (Å²) >= 11 is 0. The summed E-state index contributed by atoms with van der Waals surface area (Å²) in [5.41, 5.74) is 0. The summed E-state index contributed by atoms with van der Waals surface area (Å²) in [6, 6.07) is 0. The number of unbranched alkanes of at least 4 members (excludes halogenated alkanes) is 2. The van der Waals surface area contributed by atoms with Crippen LogP contribution in [0.1, 0.15) is 26.2 Å². The molecule has 0 fully saturated rings. The van der Waals surface area contributed by atoms with Crippen molar-refractivity contribution in [3.63, 3.8) is 0 Å². The minimum atomic E-state index is -1.17. The molecule has 5 N–H and O–H groups in total. The van der Waals surface area contributed by atoms with Gasteiger partial charge in [-0.05, 0) is 20.5 Å². The zero-order valence-electron chi connectivity index (χ0n) is 8.80. The molecule has 0 aromatic carbocycles. The van der Waals surface area contributed by atoms with Crippen molar-refractivity contribution in [2.24, 2.45) is 0 Å². The second-order valence-electron chi connectivity index (χ2n) is 2.32. The molecule has 0 heterocycles. The van der Waals surface area contributed by atoms with Crippen molar-refractivity contribution >= 4 is 6.16 Å². The third kappa shape index (κ3) is 35.1. The smallest absolute Gasteiger partial charge is 0.450 e. The topological polar surface area (TPSA) is 93.6 Å². The molecule has 0 saturated heterocycles. The van der Waals surface area contributed by atoms with E-state index in [1.807, 2.05) is 14.1 Å². The maximum atomic E-state index is 9.74. The van der Waals surface area contributed by atoms with Crippen LogP contribution in [0.5, 0.6) is 0 Å². The first-order chi connectivity index (χ1) is 5.68. The quantitative estimate of drug-likeness (QED) is 0.469. The van der Waals surface area contributed by atoms with Crippen LogP contribution >= 0.6 is 0 Å². The third-order valence-electron chi connectivity index (χ3n) is 0.973. The van der Waals surface area contributed by atoms with Crippen LogP contribution in [0.2, 0.25) is 0 Å². The van der Waals surface area contributed by atoms with Gasteiger partial charge in [0.05, 0.1) is 6.61 Å². The fourth-order valence-electron chi connectivity index (χ4n) is 0.512. The van der Waals surface area contributed by atoms with Crippen LogP contribution in [0.3, 0.4) is 0 Å². The zero-order valence-corrected chi connectivity index (χ0v) is 8.80. The van der Waals surface area contributed by atoms with E-state index >= 15 is 0 Å². The highest BCUT2D eigenvalue weighted by Crippen LogP contribution is 1.93. The molecule has 0 rings (SSSR count). The molecule has 82 valence electrons. The SMILES string of the molecule is CCCCCOC(=O)O.CNC.N. The average molecular weight is 194 g/mol. The van der Waals surface area contributed by atoms with Crippen LogP contribution in [-0.2, 0) is 4.74 Å². The fraction of sp³-hybridized carbons (Fsp3) is 0.875. The summed E-state index contributed by atoms with van der Waals surface area (Å²) in [5, 5.41) is 10.7. The summed E-state index contributed by atoms with van der Waals surface area (Å²) in [6.07, 6.45) is 1.78. The van der Waals surface area contributed by atoms with Crippen molar-refractivity contribution in [3.05, 3.63) is 0 Å². The number of hydrogen-bond acceptors (Lipinski definition) is 4. The van der Waals surface area contributed by atoms with Crippen LogP contribution in [0, 0.1) is 0 Å². The lowest BCUT2D eigenvalue weighted by Gasteiger charge is -1.96. The first-order valence-corrected chi connectivity index (χ1v) is 4.13. The molecule has 5 heteroatoms. The number of ether oxygens (including phenoxy) is 1. The lowest BCUT2D eigenvalue weighted by Crippen LogP contribution is -2.00. The fourth-order valence-corrected chi connectivity index (χ4v) is 0.512. The van der Waals surface area contributed by atoms with E-state index in [0.29, 0.717) is 6.61 Å². The Kier molecular flexibility index (Phi) is 24.1.